The Morgan fingerprint density at radius 2 is 2.14 bits per heavy atom. The number of benzene rings is 1. The summed E-state index contributed by atoms with van der Waals surface area (Å²) in [6.45, 7) is 2.18. The molecule has 1 aromatic rings. The highest BCUT2D eigenvalue weighted by molar-refractivity contribution is 5.96. The molecule has 1 aromatic carbocycles. The lowest BCUT2D eigenvalue weighted by Gasteiger charge is -2.22. The Morgan fingerprint density at radius 3 is 2.71 bits per heavy atom. The number of hydrogen-bond acceptors (Lipinski definition) is 4. The van der Waals surface area contributed by atoms with E-state index in [-0.39, 0.29) is 17.7 Å². The van der Waals surface area contributed by atoms with Gasteiger partial charge in [-0.05, 0) is 37.1 Å². The number of aryl methyl sites for hydroxylation is 1. The van der Waals surface area contributed by atoms with Gasteiger partial charge in [0.25, 0.3) is 0 Å². The van der Waals surface area contributed by atoms with Gasteiger partial charge >= 0.3 is 5.97 Å². The van der Waals surface area contributed by atoms with Crippen LogP contribution in [0.3, 0.4) is 0 Å². The fourth-order valence-corrected chi connectivity index (χ4v) is 2.24. The highest BCUT2D eigenvalue weighted by Crippen LogP contribution is 2.19. The van der Waals surface area contributed by atoms with Crippen molar-refractivity contribution in [3.05, 3.63) is 29.3 Å². The van der Waals surface area contributed by atoms with Gasteiger partial charge in [-0.2, -0.15) is 0 Å². The molecular formula is C15H18N2O4. The van der Waals surface area contributed by atoms with E-state index in [1.807, 2.05) is 6.92 Å². The molecule has 1 fully saturated rings. The summed E-state index contributed by atoms with van der Waals surface area (Å²) in [7, 11) is 1.32. The SMILES string of the molecule is COC(=O)c1ccc(NC(=O)C2CCC(=O)NC2)c(C)c1. The van der Waals surface area contributed by atoms with Crippen LogP contribution in [-0.4, -0.2) is 31.4 Å². The van der Waals surface area contributed by atoms with E-state index in [1.165, 1.54) is 7.11 Å². The zero-order valence-corrected chi connectivity index (χ0v) is 12.1. The van der Waals surface area contributed by atoms with E-state index in [0.717, 1.165) is 5.56 Å². The van der Waals surface area contributed by atoms with Crippen LogP contribution in [0.2, 0.25) is 0 Å². The zero-order chi connectivity index (χ0) is 15.4. The van der Waals surface area contributed by atoms with Crippen molar-refractivity contribution in [2.45, 2.75) is 19.8 Å². The average Bonchev–Trinajstić information content (AvgIpc) is 2.49. The van der Waals surface area contributed by atoms with Crippen LogP contribution in [0.15, 0.2) is 18.2 Å². The number of anilines is 1. The summed E-state index contributed by atoms with van der Waals surface area (Å²) in [5.41, 5.74) is 1.88. The highest BCUT2D eigenvalue weighted by atomic mass is 16.5. The number of nitrogens with one attached hydrogen (secondary N) is 2. The van der Waals surface area contributed by atoms with Gasteiger partial charge in [-0.1, -0.05) is 0 Å². The van der Waals surface area contributed by atoms with E-state index < -0.39 is 5.97 Å². The van der Waals surface area contributed by atoms with Gasteiger partial charge in [-0.15, -0.1) is 0 Å². The second-order valence-electron chi connectivity index (χ2n) is 5.05. The number of hydrogen-bond donors (Lipinski definition) is 2. The maximum Gasteiger partial charge on any atom is 0.337 e. The van der Waals surface area contributed by atoms with E-state index in [4.69, 9.17) is 0 Å². The topological polar surface area (TPSA) is 84.5 Å². The minimum absolute atomic E-state index is 0.0161. The lowest BCUT2D eigenvalue weighted by atomic mass is 9.98. The Balaban J connectivity index is 2.04. The van der Waals surface area contributed by atoms with Crippen LogP contribution < -0.4 is 10.6 Å². The summed E-state index contributed by atoms with van der Waals surface area (Å²) < 4.78 is 4.65. The van der Waals surface area contributed by atoms with Gasteiger partial charge in [-0.3, -0.25) is 9.59 Å². The molecular weight excluding hydrogens is 272 g/mol. The smallest absolute Gasteiger partial charge is 0.337 e. The van der Waals surface area contributed by atoms with Crippen molar-refractivity contribution in [1.29, 1.82) is 0 Å². The maximum atomic E-state index is 12.1. The van der Waals surface area contributed by atoms with E-state index in [2.05, 4.69) is 15.4 Å². The fourth-order valence-electron chi connectivity index (χ4n) is 2.24. The molecule has 21 heavy (non-hydrogen) atoms. The first-order valence-electron chi connectivity index (χ1n) is 6.78. The molecule has 0 aromatic heterocycles. The van der Waals surface area contributed by atoms with Crippen molar-refractivity contribution in [2.75, 3.05) is 19.0 Å². The minimum atomic E-state index is -0.411. The van der Waals surface area contributed by atoms with Crippen molar-refractivity contribution >= 4 is 23.5 Å². The molecule has 1 saturated heterocycles. The van der Waals surface area contributed by atoms with Gasteiger partial charge < -0.3 is 15.4 Å². The van der Waals surface area contributed by atoms with Crippen LogP contribution in [0, 0.1) is 12.8 Å². The summed E-state index contributed by atoms with van der Waals surface area (Å²) in [6, 6.07) is 4.96. The number of carbonyl (C=O) groups excluding carboxylic acids is 3. The molecule has 112 valence electrons. The lowest BCUT2D eigenvalue weighted by Crippen LogP contribution is -2.40. The van der Waals surface area contributed by atoms with Crippen molar-refractivity contribution in [3.63, 3.8) is 0 Å². The number of carbonyl (C=O) groups is 3. The van der Waals surface area contributed by atoms with Gasteiger partial charge in [0.2, 0.25) is 11.8 Å². The number of ether oxygens (including phenoxy) is 1. The standard InChI is InChI=1S/C15H18N2O4/c1-9-7-10(15(20)21-2)3-5-12(9)17-14(19)11-4-6-13(18)16-8-11/h3,5,7,11H,4,6,8H2,1-2H3,(H,16,18)(H,17,19). The van der Waals surface area contributed by atoms with Gasteiger partial charge in [0.1, 0.15) is 0 Å². The summed E-state index contributed by atoms with van der Waals surface area (Å²) in [4.78, 5) is 34.7. The van der Waals surface area contributed by atoms with E-state index in [9.17, 15) is 14.4 Å². The molecule has 1 unspecified atom stereocenters. The minimum Gasteiger partial charge on any atom is -0.465 e. The molecule has 1 aliphatic rings. The summed E-state index contributed by atoms with van der Waals surface area (Å²) in [5, 5.41) is 5.52. The third kappa shape index (κ3) is 3.59. The Bertz CT molecular complexity index is 573. The molecule has 0 saturated carbocycles. The van der Waals surface area contributed by atoms with E-state index in [0.29, 0.717) is 30.6 Å². The molecule has 6 nitrogen and oxygen atoms in total. The largest absolute Gasteiger partial charge is 0.465 e. The van der Waals surface area contributed by atoms with Gasteiger partial charge in [0.15, 0.2) is 0 Å². The van der Waals surface area contributed by atoms with E-state index in [1.54, 1.807) is 18.2 Å². The molecule has 0 aliphatic carbocycles. The summed E-state index contributed by atoms with van der Waals surface area (Å²) in [5.74, 6) is -0.769. The summed E-state index contributed by atoms with van der Waals surface area (Å²) in [6.07, 6.45) is 0.926. The first-order chi connectivity index (χ1) is 10.0. The van der Waals surface area contributed by atoms with Gasteiger partial charge in [-0.25, -0.2) is 4.79 Å². The fraction of sp³-hybridized carbons (Fsp3) is 0.400. The molecule has 1 atom stereocenters. The Hall–Kier alpha value is -2.37. The van der Waals surface area contributed by atoms with Gasteiger partial charge in [0, 0.05) is 18.7 Å². The molecule has 6 heteroatoms. The Labute approximate surface area is 122 Å². The molecule has 0 bridgehead atoms. The first kappa shape index (κ1) is 15.0. The molecule has 1 aliphatic heterocycles. The molecule has 2 rings (SSSR count). The van der Waals surface area contributed by atoms with Crippen molar-refractivity contribution < 1.29 is 19.1 Å². The molecule has 0 spiro atoms. The maximum absolute atomic E-state index is 12.1. The Kier molecular flexibility index (Phi) is 4.57. The monoisotopic (exact) mass is 290 g/mol. The van der Waals surface area contributed by atoms with Crippen molar-refractivity contribution in [3.8, 4) is 0 Å². The normalized spacial score (nSPS) is 17.8. The van der Waals surface area contributed by atoms with Crippen LogP contribution in [0.5, 0.6) is 0 Å². The number of rotatable bonds is 3. The Morgan fingerprint density at radius 1 is 1.38 bits per heavy atom. The average molecular weight is 290 g/mol. The number of methoxy groups -OCH3 is 1. The highest BCUT2D eigenvalue weighted by Gasteiger charge is 2.24. The lowest BCUT2D eigenvalue weighted by molar-refractivity contribution is -0.126. The van der Waals surface area contributed by atoms with Crippen LogP contribution in [0.25, 0.3) is 0 Å². The van der Waals surface area contributed by atoms with Crippen molar-refractivity contribution in [1.82, 2.24) is 5.32 Å². The van der Waals surface area contributed by atoms with Crippen LogP contribution in [-0.2, 0) is 14.3 Å². The number of amides is 2. The van der Waals surface area contributed by atoms with Crippen LogP contribution in [0.4, 0.5) is 5.69 Å². The quantitative estimate of drug-likeness (QED) is 0.820. The molecule has 2 N–H and O–H groups in total. The van der Waals surface area contributed by atoms with Crippen LogP contribution in [0.1, 0.15) is 28.8 Å². The van der Waals surface area contributed by atoms with Crippen LogP contribution >= 0.6 is 0 Å². The molecule has 2 amide bonds. The van der Waals surface area contributed by atoms with Gasteiger partial charge in [0.05, 0.1) is 18.6 Å². The first-order valence-corrected chi connectivity index (χ1v) is 6.78. The predicted molar refractivity (Wildman–Crippen MR) is 76.9 cm³/mol. The second-order valence-corrected chi connectivity index (χ2v) is 5.05. The third-order valence-electron chi connectivity index (χ3n) is 3.54. The number of esters is 1. The third-order valence-corrected chi connectivity index (χ3v) is 3.54. The molecule has 0 radical (unpaired) electrons. The molecule has 1 heterocycles. The summed E-state index contributed by atoms with van der Waals surface area (Å²) >= 11 is 0. The van der Waals surface area contributed by atoms with E-state index >= 15 is 0 Å². The predicted octanol–water partition coefficient (Wildman–Crippen LogP) is 1.25. The number of piperidine rings is 1. The van der Waals surface area contributed by atoms with Crippen molar-refractivity contribution in [2.24, 2.45) is 5.92 Å². The zero-order valence-electron chi connectivity index (χ0n) is 12.1. The second kappa shape index (κ2) is 6.39.